The second-order valence-electron chi connectivity index (χ2n) is 6.48. The van der Waals surface area contributed by atoms with Crippen molar-refractivity contribution in [3.63, 3.8) is 0 Å². The van der Waals surface area contributed by atoms with Crippen molar-refractivity contribution in [2.24, 2.45) is 11.1 Å². The van der Waals surface area contributed by atoms with Crippen molar-refractivity contribution < 1.29 is 4.39 Å². The molecule has 2 N–H and O–H groups in total. The average molecular weight is 264 g/mol. The monoisotopic (exact) mass is 264 g/mol. The fourth-order valence-corrected chi connectivity index (χ4v) is 2.78. The smallest absolute Gasteiger partial charge is 0.123 e. The molecule has 2 nitrogen and oxygen atoms in total. The number of halogens is 1. The molecule has 19 heavy (non-hydrogen) atoms. The molecule has 1 unspecified atom stereocenters. The Labute approximate surface area is 115 Å². The van der Waals surface area contributed by atoms with E-state index in [1.165, 1.54) is 25.3 Å². The molecule has 1 fully saturated rings. The van der Waals surface area contributed by atoms with Gasteiger partial charge in [0.05, 0.1) is 0 Å². The molecule has 0 saturated carbocycles. The van der Waals surface area contributed by atoms with Crippen LogP contribution in [0.25, 0.3) is 0 Å². The maximum absolute atomic E-state index is 13.2. The van der Waals surface area contributed by atoms with Crippen LogP contribution in [-0.2, 0) is 0 Å². The number of nitrogens with two attached hydrogens (primary N) is 1. The van der Waals surface area contributed by atoms with Crippen LogP contribution in [0.15, 0.2) is 24.3 Å². The van der Waals surface area contributed by atoms with Crippen molar-refractivity contribution in [2.45, 2.75) is 39.2 Å². The summed E-state index contributed by atoms with van der Waals surface area (Å²) in [4.78, 5) is 2.42. The van der Waals surface area contributed by atoms with E-state index in [1.54, 1.807) is 12.1 Å². The van der Waals surface area contributed by atoms with Crippen molar-refractivity contribution in [1.29, 1.82) is 0 Å². The SMILES string of the molecule is CC1(C)CCCN(CC(N)c2cccc(F)c2)CC1. The summed E-state index contributed by atoms with van der Waals surface area (Å²) in [6, 6.07) is 6.56. The van der Waals surface area contributed by atoms with E-state index in [-0.39, 0.29) is 11.9 Å². The van der Waals surface area contributed by atoms with Gasteiger partial charge in [0.25, 0.3) is 0 Å². The Morgan fingerprint density at radius 2 is 2.11 bits per heavy atom. The van der Waals surface area contributed by atoms with E-state index >= 15 is 0 Å². The van der Waals surface area contributed by atoms with Gasteiger partial charge >= 0.3 is 0 Å². The summed E-state index contributed by atoms with van der Waals surface area (Å²) in [7, 11) is 0. The van der Waals surface area contributed by atoms with Crippen molar-refractivity contribution >= 4 is 0 Å². The second kappa shape index (κ2) is 6.02. The van der Waals surface area contributed by atoms with E-state index < -0.39 is 0 Å². The Kier molecular flexibility index (Phi) is 4.58. The molecule has 1 heterocycles. The van der Waals surface area contributed by atoms with Gasteiger partial charge in [-0.25, -0.2) is 4.39 Å². The number of likely N-dealkylation sites (tertiary alicyclic amines) is 1. The fourth-order valence-electron chi connectivity index (χ4n) is 2.78. The van der Waals surface area contributed by atoms with E-state index in [1.807, 2.05) is 6.07 Å². The van der Waals surface area contributed by atoms with Gasteiger partial charge in [0.1, 0.15) is 5.82 Å². The number of hydrogen-bond acceptors (Lipinski definition) is 2. The quantitative estimate of drug-likeness (QED) is 0.907. The van der Waals surface area contributed by atoms with Gasteiger partial charge in [-0.2, -0.15) is 0 Å². The third-order valence-corrected chi connectivity index (χ3v) is 4.16. The Bertz CT molecular complexity index is 417. The summed E-state index contributed by atoms with van der Waals surface area (Å²) in [5, 5.41) is 0. The number of hydrogen-bond donors (Lipinski definition) is 1. The molecule has 1 aromatic carbocycles. The first-order valence-corrected chi connectivity index (χ1v) is 7.20. The normalized spacial score (nSPS) is 21.9. The van der Waals surface area contributed by atoms with Crippen LogP contribution in [0, 0.1) is 11.2 Å². The van der Waals surface area contributed by atoms with Crippen molar-refractivity contribution in [1.82, 2.24) is 4.90 Å². The molecule has 1 atom stereocenters. The van der Waals surface area contributed by atoms with E-state index in [2.05, 4.69) is 18.7 Å². The van der Waals surface area contributed by atoms with Gasteiger partial charge in [0.15, 0.2) is 0 Å². The Morgan fingerprint density at radius 3 is 2.84 bits per heavy atom. The van der Waals surface area contributed by atoms with E-state index in [9.17, 15) is 4.39 Å². The molecular weight excluding hydrogens is 239 g/mol. The number of rotatable bonds is 3. The van der Waals surface area contributed by atoms with Gasteiger partial charge in [-0.1, -0.05) is 26.0 Å². The molecular formula is C16H25FN2. The molecule has 1 saturated heterocycles. The summed E-state index contributed by atoms with van der Waals surface area (Å²) in [5.41, 5.74) is 7.54. The van der Waals surface area contributed by atoms with Crippen molar-refractivity contribution in [3.05, 3.63) is 35.6 Å². The van der Waals surface area contributed by atoms with Gasteiger partial charge < -0.3 is 10.6 Å². The lowest BCUT2D eigenvalue weighted by Gasteiger charge is -2.25. The first-order chi connectivity index (χ1) is 8.96. The zero-order chi connectivity index (χ0) is 13.9. The molecule has 0 radical (unpaired) electrons. The molecule has 0 amide bonds. The van der Waals surface area contributed by atoms with Crippen LogP contribution in [0.3, 0.4) is 0 Å². The Hall–Kier alpha value is -0.930. The standard InChI is InChI=1S/C16H25FN2/c1-16(2)7-4-9-19(10-8-16)12-15(18)13-5-3-6-14(17)11-13/h3,5-6,11,15H,4,7-10,12,18H2,1-2H3. The minimum absolute atomic E-state index is 0.100. The minimum Gasteiger partial charge on any atom is -0.323 e. The fraction of sp³-hybridized carbons (Fsp3) is 0.625. The van der Waals surface area contributed by atoms with Crippen LogP contribution in [0.1, 0.15) is 44.7 Å². The molecule has 0 bridgehead atoms. The maximum atomic E-state index is 13.2. The van der Waals surface area contributed by atoms with Crippen LogP contribution >= 0.6 is 0 Å². The third-order valence-electron chi connectivity index (χ3n) is 4.16. The molecule has 0 spiro atoms. The van der Waals surface area contributed by atoms with Crippen molar-refractivity contribution in [3.8, 4) is 0 Å². The van der Waals surface area contributed by atoms with Crippen LogP contribution in [0.5, 0.6) is 0 Å². The van der Waals surface area contributed by atoms with Crippen molar-refractivity contribution in [2.75, 3.05) is 19.6 Å². The van der Waals surface area contributed by atoms with Gasteiger partial charge in [-0.3, -0.25) is 0 Å². The summed E-state index contributed by atoms with van der Waals surface area (Å²) < 4.78 is 13.2. The largest absolute Gasteiger partial charge is 0.323 e. The Morgan fingerprint density at radius 1 is 1.32 bits per heavy atom. The highest BCUT2D eigenvalue weighted by molar-refractivity contribution is 5.20. The predicted octanol–water partition coefficient (Wildman–Crippen LogP) is 3.34. The molecule has 2 rings (SSSR count). The molecule has 1 aliphatic rings. The van der Waals surface area contributed by atoms with Crippen LogP contribution in [0.4, 0.5) is 4.39 Å². The molecule has 0 aromatic heterocycles. The van der Waals surface area contributed by atoms with E-state index in [0.29, 0.717) is 5.41 Å². The lowest BCUT2D eigenvalue weighted by atomic mass is 9.85. The number of nitrogens with zero attached hydrogens (tertiary/aromatic N) is 1. The highest BCUT2D eigenvalue weighted by atomic mass is 19.1. The highest BCUT2D eigenvalue weighted by Gasteiger charge is 2.24. The van der Waals surface area contributed by atoms with E-state index in [0.717, 1.165) is 25.2 Å². The summed E-state index contributed by atoms with van der Waals surface area (Å²) in [5.74, 6) is -0.204. The third kappa shape index (κ3) is 4.29. The minimum atomic E-state index is -0.204. The van der Waals surface area contributed by atoms with Gasteiger partial charge in [-0.05, 0) is 55.5 Å². The highest BCUT2D eigenvalue weighted by Crippen LogP contribution is 2.30. The summed E-state index contributed by atoms with van der Waals surface area (Å²) in [6.45, 7) is 7.69. The van der Waals surface area contributed by atoms with E-state index in [4.69, 9.17) is 5.73 Å². The lowest BCUT2D eigenvalue weighted by molar-refractivity contribution is 0.250. The van der Waals surface area contributed by atoms with Gasteiger partial charge in [0, 0.05) is 12.6 Å². The zero-order valence-corrected chi connectivity index (χ0v) is 12.0. The van der Waals surface area contributed by atoms with Gasteiger partial charge in [-0.15, -0.1) is 0 Å². The predicted molar refractivity (Wildman–Crippen MR) is 77.4 cm³/mol. The first-order valence-electron chi connectivity index (χ1n) is 7.20. The van der Waals surface area contributed by atoms with Crippen LogP contribution in [0.2, 0.25) is 0 Å². The molecule has 3 heteroatoms. The molecule has 0 aliphatic carbocycles. The number of benzene rings is 1. The van der Waals surface area contributed by atoms with Crippen LogP contribution < -0.4 is 5.73 Å². The topological polar surface area (TPSA) is 29.3 Å². The average Bonchev–Trinajstić information content (AvgIpc) is 2.51. The summed E-state index contributed by atoms with van der Waals surface area (Å²) >= 11 is 0. The first kappa shape index (κ1) is 14.5. The van der Waals surface area contributed by atoms with Crippen LogP contribution in [-0.4, -0.2) is 24.5 Å². The molecule has 1 aromatic rings. The van der Waals surface area contributed by atoms with Gasteiger partial charge in [0.2, 0.25) is 0 Å². The lowest BCUT2D eigenvalue weighted by Crippen LogP contribution is -2.33. The summed E-state index contributed by atoms with van der Waals surface area (Å²) in [6.07, 6.45) is 3.71. The maximum Gasteiger partial charge on any atom is 0.123 e. The molecule has 106 valence electrons. The zero-order valence-electron chi connectivity index (χ0n) is 12.0. The second-order valence-corrected chi connectivity index (χ2v) is 6.48. The Balaban J connectivity index is 1.93. The molecule has 1 aliphatic heterocycles.